The van der Waals surface area contributed by atoms with Crippen LogP contribution in [0.4, 0.5) is 0 Å². The van der Waals surface area contributed by atoms with Crippen molar-refractivity contribution < 1.29 is 0 Å². The Morgan fingerprint density at radius 3 is 2.75 bits per heavy atom. The SMILES string of the molecule is CN(C)[C@@H]1CCN(CCN[C@@H]2C[C@H]2c2ccccc2)C1. The molecule has 0 radical (unpaired) electrons. The van der Waals surface area contributed by atoms with E-state index in [4.69, 9.17) is 0 Å². The Bertz CT molecular complexity index is 418. The third kappa shape index (κ3) is 3.40. The average Bonchev–Trinajstić information content (AvgIpc) is 3.07. The fourth-order valence-corrected chi connectivity index (χ4v) is 3.33. The molecule has 3 atom stereocenters. The molecule has 2 aliphatic rings. The standard InChI is InChI=1S/C17H27N3/c1-19(2)15-8-10-20(13-15)11-9-18-17-12-16(17)14-6-4-3-5-7-14/h3-7,15-18H,8-13H2,1-2H3/t15-,16+,17-/m1/s1. The molecule has 0 aromatic heterocycles. The maximum Gasteiger partial charge on any atom is 0.0229 e. The highest BCUT2D eigenvalue weighted by Gasteiger charge is 2.37. The van der Waals surface area contributed by atoms with Gasteiger partial charge in [0.25, 0.3) is 0 Å². The third-order valence-corrected chi connectivity index (χ3v) is 4.83. The van der Waals surface area contributed by atoms with Crippen molar-refractivity contribution in [2.45, 2.75) is 30.8 Å². The van der Waals surface area contributed by atoms with Crippen molar-refractivity contribution in [3.63, 3.8) is 0 Å². The molecule has 20 heavy (non-hydrogen) atoms. The molecule has 3 rings (SSSR count). The molecule has 1 aromatic carbocycles. The molecular weight excluding hydrogens is 246 g/mol. The van der Waals surface area contributed by atoms with Gasteiger partial charge in [0.05, 0.1) is 0 Å². The minimum Gasteiger partial charge on any atom is -0.312 e. The van der Waals surface area contributed by atoms with Crippen molar-refractivity contribution in [3.05, 3.63) is 35.9 Å². The summed E-state index contributed by atoms with van der Waals surface area (Å²) in [6, 6.07) is 12.4. The van der Waals surface area contributed by atoms with Crippen molar-refractivity contribution in [2.24, 2.45) is 0 Å². The molecule has 1 aliphatic carbocycles. The predicted molar refractivity (Wildman–Crippen MR) is 84.1 cm³/mol. The Balaban J connectivity index is 1.34. The summed E-state index contributed by atoms with van der Waals surface area (Å²) in [7, 11) is 4.39. The van der Waals surface area contributed by atoms with Gasteiger partial charge >= 0.3 is 0 Å². The van der Waals surface area contributed by atoms with E-state index >= 15 is 0 Å². The van der Waals surface area contributed by atoms with Crippen LogP contribution in [-0.2, 0) is 0 Å². The average molecular weight is 273 g/mol. The highest BCUT2D eigenvalue weighted by molar-refractivity contribution is 5.27. The van der Waals surface area contributed by atoms with Gasteiger partial charge in [-0.3, -0.25) is 0 Å². The lowest BCUT2D eigenvalue weighted by molar-refractivity contribution is 0.268. The van der Waals surface area contributed by atoms with Crippen molar-refractivity contribution in [1.29, 1.82) is 0 Å². The van der Waals surface area contributed by atoms with Gasteiger partial charge in [-0.05, 0) is 39.0 Å². The van der Waals surface area contributed by atoms with Crippen molar-refractivity contribution in [2.75, 3.05) is 40.3 Å². The summed E-state index contributed by atoms with van der Waals surface area (Å²) in [4.78, 5) is 4.96. The second kappa shape index (κ2) is 6.25. The lowest BCUT2D eigenvalue weighted by Gasteiger charge is -2.20. The first-order valence-electron chi connectivity index (χ1n) is 7.91. The first-order chi connectivity index (χ1) is 9.74. The molecule has 1 N–H and O–H groups in total. The molecule has 0 spiro atoms. The molecule has 1 aromatic rings. The van der Waals surface area contributed by atoms with Crippen LogP contribution in [0.5, 0.6) is 0 Å². The van der Waals surface area contributed by atoms with Crippen LogP contribution in [0.15, 0.2) is 30.3 Å². The summed E-state index contributed by atoms with van der Waals surface area (Å²) in [5.74, 6) is 0.754. The maximum absolute atomic E-state index is 3.72. The Hall–Kier alpha value is -0.900. The van der Waals surface area contributed by atoms with E-state index in [1.54, 1.807) is 0 Å². The Morgan fingerprint density at radius 1 is 1.25 bits per heavy atom. The zero-order chi connectivity index (χ0) is 13.9. The van der Waals surface area contributed by atoms with E-state index in [0.29, 0.717) is 6.04 Å². The summed E-state index contributed by atoms with van der Waals surface area (Å²) in [5, 5.41) is 3.72. The lowest BCUT2D eigenvalue weighted by atomic mass is 10.1. The highest BCUT2D eigenvalue weighted by Crippen LogP contribution is 2.40. The molecule has 1 aliphatic heterocycles. The van der Waals surface area contributed by atoms with Gasteiger partial charge in [-0.1, -0.05) is 30.3 Å². The van der Waals surface area contributed by atoms with Crippen LogP contribution in [0.25, 0.3) is 0 Å². The van der Waals surface area contributed by atoms with E-state index < -0.39 is 0 Å². The van der Waals surface area contributed by atoms with E-state index in [-0.39, 0.29) is 0 Å². The molecule has 1 heterocycles. The largest absolute Gasteiger partial charge is 0.312 e. The van der Waals surface area contributed by atoms with E-state index in [0.717, 1.165) is 18.5 Å². The molecule has 110 valence electrons. The van der Waals surface area contributed by atoms with Gasteiger partial charge in [-0.25, -0.2) is 0 Å². The Labute approximate surface area is 123 Å². The number of nitrogens with zero attached hydrogens (tertiary/aromatic N) is 2. The minimum absolute atomic E-state index is 0.713. The topological polar surface area (TPSA) is 18.5 Å². The number of likely N-dealkylation sites (tertiary alicyclic amines) is 1. The van der Waals surface area contributed by atoms with Crippen LogP contribution < -0.4 is 5.32 Å². The number of hydrogen-bond donors (Lipinski definition) is 1. The summed E-state index contributed by atoms with van der Waals surface area (Å²) < 4.78 is 0. The van der Waals surface area contributed by atoms with E-state index in [9.17, 15) is 0 Å². The summed E-state index contributed by atoms with van der Waals surface area (Å²) in [6.07, 6.45) is 2.63. The van der Waals surface area contributed by atoms with Gasteiger partial charge in [0, 0.05) is 37.6 Å². The van der Waals surface area contributed by atoms with Crippen molar-refractivity contribution in [1.82, 2.24) is 15.1 Å². The van der Waals surface area contributed by atoms with Gasteiger partial charge in [0.2, 0.25) is 0 Å². The van der Waals surface area contributed by atoms with Crippen LogP contribution in [0.3, 0.4) is 0 Å². The van der Waals surface area contributed by atoms with Gasteiger partial charge in [0.1, 0.15) is 0 Å². The summed E-state index contributed by atoms with van der Waals surface area (Å²) in [6.45, 7) is 4.83. The normalized spacial score (nSPS) is 30.1. The molecular formula is C17H27N3. The van der Waals surface area contributed by atoms with Crippen molar-refractivity contribution in [3.8, 4) is 0 Å². The highest BCUT2D eigenvalue weighted by atomic mass is 15.2. The Kier molecular flexibility index (Phi) is 4.39. The predicted octanol–water partition coefficient (Wildman–Crippen LogP) is 1.77. The second-order valence-corrected chi connectivity index (χ2v) is 6.52. The zero-order valence-corrected chi connectivity index (χ0v) is 12.8. The first-order valence-corrected chi connectivity index (χ1v) is 7.91. The fraction of sp³-hybridized carbons (Fsp3) is 0.647. The third-order valence-electron chi connectivity index (χ3n) is 4.83. The fourth-order valence-electron chi connectivity index (χ4n) is 3.33. The van der Waals surface area contributed by atoms with E-state index in [1.807, 2.05) is 0 Å². The van der Waals surface area contributed by atoms with E-state index in [2.05, 4.69) is 59.5 Å². The molecule has 2 fully saturated rings. The number of likely N-dealkylation sites (N-methyl/N-ethyl adjacent to an activating group) is 1. The van der Waals surface area contributed by atoms with Crippen molar-refractivity contribution >= 4 is 0 Å². The molecule has 0 amide bonds. The van der Waals surface area contributed by atoms with Gasteiger partial charge < -0.3 is 15.1 Å². The Morgan fingerprint density at radius 2 is 2.05 bits per heavy atom. The second-order valence-electron chi connectivity index (χ2n) is 6.52. The zero-order valence-electron chi connectivity index (χ0n) is 12.8. The molecule has 3 nitrogen and oxygen atoms in total. The van der Waals surface area contributed by atoms with Crippen LogP contribution >= 0.6 is 0 Å². The molecule has 1 saturated heterocycles. The summed E-state index contributed by atoms with van der Waals surface area (Å²) in [5.41, 5.74) is 1.50. The smallest absolute Gasteiger partial charge is 0.0229 e. The molecule has 0 bridgehead atoms. The number of rotatable bonds is 6. The molecule has 1 saturated carbocycles. The summed E-state index contributed by atoms with van der Waals surface area (Å²) >= 11 is 0. The number of nitrogens with one attached hydrogen (secondary N) is 1. The number of benzene rings is 1. The van der Waals surface area contributed by atoms with Gasteiger partial charge in [-0.2, -0.15) is 0 Å². The number of hydrogen-bond acceptors (Lipinski definition) is 3. The van der Waals surface area contributed by atoms with Gasteiger partial charge in [0.15, 0.2) is 0 Å². The quantitative estimate of drug-likeness (QED) is 0.852. The lowest BCUT2D eigenvalue weighted by Crippen LogP contribution is -2.35. The minimum atomic E-state index is 0.713. The van der Waals surface area contributed by atoms with Crippen LogP contribution in [0, 0.1) is 0 Å². The monoisotopic (exact) mass is 273 g/mol. The van der Waals surface area contributed by atoms with Crippen LogP contribution in [0.1, 0.15) is 24.3 Å². The van der Waals surface area contributed by atoms with Crippen LogP contribution in [0.2, 0.25) is 0 Å². The maximum atomic E-state index is 3.72. The molecule has 3 heteroatoms. The molecule has 0 unspecified atom stereocenters. The van der Waals surface area contributed by atoms with Crippen LogP contribution in [-0.4, -0.2) is 62.2 Å². The van der Waals surface area contributed by atoms with E-state index in [1.165, 1.54) is 38.0 Å². The first kappa shape index (κ1) is 14.1. The van der Waals surface area contributed by atoms with Gasteiger partial charge in [-0.15, -0.1) is 0 Å².